The van der Waals surface area contributed by atoms with Crippen LogP contribution < -0.4 is 5.73 Å². The molecule has 0 aliphatic carbocycles. The Labute approximate surface area is 72.8 Å². The summed E-state index contributed by atoms with van der Waals surface area (Å²) in [5.41, 5.74) is 7.60. The maximum atomic E-state index is 5.81. The second kappa shape index (κ2) is 3.89. The maximum Gasteiger partial charge on any atom is 0.0429 e. The lowest BCUT2D eigenvalue weighted by Gasteiger charge is -2.07. The molecule has 0 unspecified atom stereocenters. The number of nitrogens with two attached hydrogens (primary N) is 1. The van der Waals surface area contributed by atoms with E-state index in [0.29, 0.717) is 0 Å². The molecule has 1 aromatic rings. The molecule has 2 nitrogen and oxygen atoms in total. The first kappa shape index (κ1) is 8.76. The topological polar surface area (TPSA) is 38.9 Å². The van der Waals surface area contributed by atoms with Gasteiger partial charge in [0.15, 0.2) is 0 Å². The van der Waals surface area contributed by atoms with E-state index in [2.05, 4.69) is 10.9 Å². The van der Waals surface area contributed by atoms with Gasteiger partial charge in [-0.3, -0.25) is 4.98 Å². The van der Waals surface area contributed by atoms with Gasteiger partial charge in [0.25, 0.3) is 0 Å². The summed E-state index contributed by atoms with van der Waals surface area (Å²) >= 11 is 0. The molecule has 0 bridgehead atoms. The van der Waals surface area contributed by atoms with E-state index >= 15 is 0 Å². The summed E-state index contributed by atoms with van der Waals surface area (Å²) in [6.07, 6.45) is 9.55. The molecule has 0 aromatic carbocycles. The van der Waals surface area contributed by atoms with E-state index in [0.717, 1.165) is 17.5 Å². The normalized spacial score (nSPS) is 12.1. The molecule has 62 valence electrons. The predicted octanol–water partition coefficient (Wildman–Crippen LogP) is 1.47. The van der Waals surface area contributed by atoms with Gasteiger partial charge >= 0.3 is 0 Å². The Morgan fingerprint density at radius 1 is 1.67 bits per heavy atom. The minimum atomic E-state index is 0.0470. The minimum absolute atomic E-state index is 0.0470. The van der Waals surface area contributed by atoms with Crippen molar-refractivity contribution in [1.29, 1.82) is 0 Å². The van der Waals surface area contributed by atoms with Gasteiger partial charge < -0.3 is 5.73 Å². The molecule has 12 heavy (non-hydrogen) atoms. The standard InChI is InChI=1S/C10H12N2/c1-3-8-5-9(7-12-6-8)10(11)4-2/h1,5-7,10H,4,11H2,2H3/t10-/m1/s1. The fourth-order valence-electron chi connectivity index (χ4n) is 0.975. The van der Waals surface area contributed by atoms with E-state index in [1.54, 1.807) is 12.4 Å². The molecular formula is C10H12N2. The molecule has 1 heterocycles. The molecule has 2 heteroatoms. The fourth-order valence-corrected chi connectivity index (χ4v) is 0.975. The summed E-state index contributed by atoms with van der Waals surface area (Å²) in [5, 5.41) is 0. The highest BCUT2D eigenvalue weighted by Crippen LogP contribution is 2.12. The monoisotopic (exact) mass is 160 g/mol. The number of aromatic nitrogens is 1. The van der Waals surface area contributed by atoms with Crippen molar-refractivity contribution in [2.75, 3.05) is 0 Å². The molecule has 0 aliphatic rings. The average Bonchev–Trinajstić information content (AvgIpc) is 2.17. The molecule has 0 saturated heterocycles. The lowest BCUT2D eigenvalue weighted by Crippen LogP contribution is -2.08. The van der Waals surface area contributed by atoms with Gasteiger partial charge in [0.2, 0.25) is 0 Å². The number of hydrogen-bond acceptors (Lipinski definition) is 2. The Balaban J connectivity index is 2.95. The molecule has 0 fully saturated rings. The van der Waals surface area contributed by atoms with Crippen LogP contribution in [0.15, 0.2) is 18.5 Å². The third-order valence-corrected chi connectivity index (χ3v) is 1.79. The van der Waals surface area contributed by atoms with E-state index in [-0.39, 0.29) is 6.04 Å². The smallest absolute Gasteiger partial charge is 0.0429 e. The van der Waals surface area contributed by atoms with Gasteiger partial charge in [-0.1, -0.05) is 12.8 Å². The van der Waals surface area contributed by atoms with E-state index in [1.807, 2.05) is 13.0 Å². The van der Waals surface area contributed by atoms with Gasteiger partial charge in [-0.2, -0.15) is 0 Å². The van der Waals surface area contributed by atoms with E-state index in [1.165, 1.54) is 0 Å². The zero-order chi connectivity index (χ0) is 8.97. The summed E-state index contributed by atoms with van der Waals surface area (Å²) in [5.74, 6) is 2.53. The highest BCUT2D eigenvalue weighted by molar-refractivity contribution is 5.32. The Morgan fingerprint density at radius 3 is 3.00 bits per heavy atom. The molecule has 0 saturated carbocycles. The van der Waals surface area contributed by atoms with Crippen molar-refractivity contribution in [2.24, 2.45) is 5.73 Å². The lowest BCUT2D eigenvalue weighted by atomic mass is 10.1. The Hall–Kier alpha value is -1.33. The largest absolute Gasteiger partial charge is 0.324 e. The third kappa shape index (κ3) is 1.84. The van der Waals surface area contributed by atoms with Crippen molar-refractivity contribution in [3.05, 3.63) is 29.6 Å². The summed E-state index contributed by atoms with van der Waals surface area (Å²) in [6, 6.07) is 1.95. The second-order valence-corrected chi connectivity index (χ2v) is 2.67. The molecule has 1 aromatic heterocycles. The van der Waals surface area contributed by atoms with Crippen LogP contribution in [0.3, 0.4) is 0 Å². The molecule has 1 rings (SSSR count). The molecule has 2 N–H and O–H groups in total. The van der Waals surface area contributed by atoms with E-state index < -0.39 is 0 Å². The number of rotatable bonds is 2. The number of pyridine rings is 1. The van der Waals surface area contributed by atoms with Crippen LogP contribution in [0.5, 0.6) is 0 Å². The first-order valence-corrected chi connectivity index (χ1v) is 3.95. The van der Waals surface area contributed by atoms with E-state index in [4.69, 9.17) is 12.2 Å². The minimum Gasteiger partial charge on any atom is -0.324 e. The average molecular weight is 160 g/mol. The highest BCUT2D eigenvalue weighted by atomic mass is 14.7. The summed E-state index contributed by atoms with van der Waals surface area (Å²) in [4.78, 5) is 4.00. The Morgan fingerprint density at radius 2 is 2.42 bits per heavy atom. The molecule has 1 atom stereocenters. The van der Waals surface area contributed by atoms with Crippen molar-refractivity contribution in [3.8, 4) is 12.3 Å². The van der Waals surface area contributed by atoms with Crippen LogP contribution in [0.1, 0.15) is 30.5 Å². The zero-order valence-corrected chi connectivity index (χ0v) is 7.12. The molecule has 0 amide bonds. The van der Waals surface area contributed by atoms with E-state index in [9.17, 15) is 0 Å². The van der Waals surface area contributed by atoms with Crippen molar-refractivity contribution >= 4 is 0 Å². The van der Waals surface area contributed by atoms with Crippen LogP contribution in [-0.2, 0) is 0 Å². The van der Waals surface area contributed by atoms with Gasteiger partial charge in [-0.15, -0.1) is 6.42 Å². The summed E-state index contributed by atoms with van der Waals surface area (Å²) < 4.78 is 0. The molecule has 0 aliphatic heterocycles. The van der Waals surface area contributed by atoms with Crippen LogP contribution in [0.4, 0.5) is 0 Å². The van der Waals surface area contributed by atoms with Crippen LogP contribution in [-0.4, -0.2) is 4.98 Å². The van der Waals surface area contributed by atoms with Crippen molar-refractivity contribution in [2.45, 2.75) is 19.4 Å². The highest BCUT2D eigenvalue weighted by Gasteiger charge is 2.02. The Bertz CT molecular complexity index is 299. The predicted molar refractivity (Wildman–Crippen MR) is 49.4 cm³/mol. The third-order valence-electron chi connectivity index (χ3n) is 1.79. The first-order chi connectivity index (χ1) is 5.77. The molecule has 0 spiro atoms. The van der Waals surface area contributed by atoms with Gasteiger partial charge in [0.1, 0.15) is 0 Å². The molecular weight excluding hydrogens is 148 g/mol. The zero-order valence-electron chi connectivity index (χ0n) is 7.12. The number of hydrogen-bond donors (Lipinski definition) is 1. The SMILES string of the molecule is C#Cc1cncc([C@H](N)CC)c1. The molecule has 0 radical (unpaired) electrons. The fraction of sp³-hybridized carbons (Fsp3) is 0.300. The van der Waals surface area contributed by atoms with Crippen LogP contribution in [0.25, 0.3) is 0 Å². The van der Waals surface area contributed by atoms with Gasteiger partial charge in [-0.05, 0) is 18.1 Å². The van der Waals surface area contributed by atoms with Crippen LogP contribution in [0.2, 0.25) is 0 Å². The van der Waals surface area contributed by atoms with Gasteiger partial charge in [0, 0.05) is 24.0 Å². The summed E-state index contributed by atoms with van der Waals surface area (Å²) in [7, 11) is 0. The number of terminal acetylenes is 1. The lowest BCUT2D eigenvalue weighted by molar-refractivity contribution is 0.695. The van der Waals surface area contributed by atoms with Crippen molar-refractivity contribution in [1.82, 2.24) is 4.98 Å². The van der Waals surface area contributed by atoms with Crippen LogP contribution in [0, 0.1) is 12.3 Å². The van der Waals surface area contributed by atoms with Crippen LogP contribution >= 0.6 is 0 Å². The first-order valence-electron chi connectivity index (χ1n) is 3.95. The summed E-state index contributed by atoms with van der Waals surface area (Å²) in [6.45, 7) is 2.03. The van der Waals surface area contributed by atoms with Crippen molar-refractivity contribution < 1.29 is 0 Å². The maximum absolute atomic E-state index is 5.81. The number of nitrogens with zero attached hydrogens (tertiary/aromatic N) is 1. The van der Waals surface area contributed by atoms with Gasteiger partial charge in [-0.25, -0.2) is 0 Å². The van der Waals surface area contributed by atoms with Gasteiger partial charge in [0.05, 0.1) is 0 Å². The van der Waals surface area contributed by atoms with Crippen molar-refractivity contribution in [3.63, 3.8) is 0 Å². The Kier molecular flexibility index (Phi) is 2.84. The quantitative estimate of drug-likeness (QED) is 0.665. The second-order valence-electron chi connectivity index (χ2n) is 2.67.